The summed E-state index contributed by atoms with van der Waals surface area (Å²) in [5, 5.41) is 4.17. The lowest BCUT2D eigenvalue weighted by Crippen LogP contribution is -2.15. The van der Waals surface area contributed by atoms with Crippen LogP contribution < -0.4 is 10.6 Å². The fraction of sp³-hybridized carbons (Fsp3) is 0.400. The molecule has 0 aliphatic heterocycles. The Morgan fingerprint density at radius 3 is 2.81 bits per heavy atom. The van der Waals surface area contributed by atoms with Crippen molar-refractivity contribution >= 4 is 33.7 Å². The first-order chi connectivity index (χ1) is 7.63. The van der Waals surface area contributed by atoms with Gasteiger partial charge in [-0.05, 0) is 25.4 Å². The van der Waals surface area contributed by atoms with E-state index in [1.54, 1.807) is 11.3 Å². The average molecular weight is 254 g/mol. The third-order valence-corrected chi connectivity index (χ3v) is 4.15. The second kappa shape index (κ2) is 4.39. The largest absolute Gasteiger partial charge is 0.382 e. The Balaban J connectivity index is 2.50. The fourth-order valence-electron chi connectivity index (χ4n) is 1.42. The summed E-state index contributed by atoms with van der Waals surface area (Å²) in [5.41, 5.74) is 7.82. The van der Waals surface area contributed by atoms with Gasteiger partial charge in [-0.3, -0.25) is 0 Å². The fourth-order valence-corrected chi connectivity index (χ4v) is 2.87. The zero-order valence-electron chi connectivity index (χ0n) is 9.52. The average Bonchev–Trinajstić information content (AvgIpc) is 2.83. The summed E-state index contributed by atoms with van der Waals surface area (Å²) in [4.78, 5) is 6.61. The molecule has 2 aromatic heterocycles. The second-order valence-electron chi connectivity index (χ2n) is 3.51. The minimum Gasteiger partial charge on any atom is -0.382 e. The van der Waals surface area contributed by atoms with E-state index in [9.17, 15) is 0 Å². The summed E-state index contributed by atoms with van der Waals surface area (Å²) in [6.07, 6.45) is 0. The van der Waals surface area contributed by atoms with Crippen molar-refractivity contribution in [3.05, 3.63) is 10.4 Å². The van der Waals surface area contributed by atoms with Gasteiger partial charge in [0.15, 0.2) is 0 Å². The van der Waals surface area contributed by atoms with Gasteiger partial charge in [0.1, 0.15) is 10.8 Å². The van der Waals surface area contributed by atoms with E-state index in [0.717, 1.165) is 27.8 Å². The second-order valence-corrected chi connectivity index (χ2v) is 5.33. The summed E-state index contributed by atoms with van der Waals surface area (Å²) in [5.74, 6) is 0.575. The first-order valence-electron chi connectivity index (χ1n) is 5.02. The van der Waals surface area contributed by atoms with Crippen molar-refractivity contribution in [3.63, 3.8) is 0 Å². The van der Waals surface area contributed by atoms with Crippen molar-refractivity contribution in [1.82, 2.24) is 9.36 Å². The number of aryl methyl sites for hydroxylation is 1. The maximum Gasteiger partial charge on any atom is 0.148 e. The van der Waals surface area contributed by atoms with Crippen molar-refractivity contribution in [2.75, 3.05) is 24.2 Å². The molecule has 0 saturated heterocycles. The van der Waals surface area contributed by atoms with Crippen LogP contribution in [0, 0.1) is 6.92 Å². The molecule has 2 N–H and O–H groups in total. The highest BCUT2D eigenvalue weighted by atomic mass is 32.1. The molecule has 0 radical (unpaired) electrons. The Labute approximate surface area is 103 Å². The molecule has 0 aromatic carbocycles. The van der Waals surface area contributed by atoms with Gasteiger partial charge in [0.2, 0.25) is 0 Å². The smallest absolute Gasteiger partial charge is 0.148 e. The number of rotatable bonds is 3. The van der Waals surface area contributed by atoms with E-state index in [0.29, 0.717) is 5.82 Å². The summed E-state index contributed by atoms with van der Waals surface area (Å²) in [7, 11) is 2.04. The SMILES string of the molecule is CCN(C)c1snc(N)c1-c1csc(C)n1. The molecule has 0 bridgehead atoms. The third-order valence-electron chi connectivity index (χ3n) is 2.40. The van der Waals surface area contributed by atoms with Crippen LogP contribution >= 0.6 is 22.9 Å². The van der Waals surface area contributed by atoms with Gasteiger partial charge in [0.05, 0.1) is 16.3 Å². The van der Waals surface area contributed by atoms with Crippen LogP contribution in [-0.2, 0) is 0 Å². The number of hydrogen-bond donors (Lipinski definition) is 1. The van der Waals surface area contributed by atoms with Gasteiger partial charge in [-0.15, -0.1) is 11.3 Å². The number of nitrogen functional groups attached to an aromatic ring is 1. The number of hydrogen-bond acceptors (Lipinski definition) is 6. The van der Waals surface area contributed by atoms with E-state index in [4.69, 9.17) is 5.73 Å². The quantitative estimate of drug-likeness (QED) is 0.914. The molecule has 0 aliphatic rings. The predicted molar refractivity (Wildman–Crippen MR) is 71.3 cm³/mol. The molecule has 2 heterocycles. The molecule has 0 amide bonds. The van der Waals surface area contributed by atoms with Crippen LogP contribution in [0.15, 0.2) is 5.38 Å². The molecule has 2 rings (SSSR count). The molecule has 0 aliphatic carbocycles. The van der Waals surface area contributed by atoms with E-state index >= 15 is 0 Å². The van der Waals surface area contributed by atoms with Crippen LogP contribution in [0.2, 0.25) is 0 Å². The van der Waals surface area contributed by atoms with Crippen molar-refractivity contribution in [2.24, 2.45) is 0 Å². The molecular weight excluding hydrogens is 240 g/mol. The monoisotopic (exact) mass is 254 g/mol. The predicted octanol–water partition coefficient (Wildman–Crippen LogP) is 2.61. The molecular formula is C10H14N4S2. The lowest BCUT2D eigenvalue weighted by Gasteiger charge is -2.15. The molecule has 0 saturated carbocycles. The van der Waals surface area contributed by atoms with E-state index in [1.165, 1.54) is 11.5 Å². The highest BCUT2D eigenvalue weighted by Crippen LogP contribution is 2.38. The van der Waals surface area contributed by atoms with Crippen LogP contribution in [0.5, 0.6) is 0 Å². The summed E-state index contributed by atoms with van der Waals surface area (Å²) < 4.78 is 4.21. The standard InChI is InChI=1S/C10H14N4S2/c1-4-14(3)10-8(9(11)13-16-10)7-5-15-6(2)12-7/h5H,4H2,1-3H3,(H2,11,13). The van der Waals surface area contributed by atoms with Gasteiger partial charge >= 0.3 is 0 Å². The molecule has 16 heavy (non-hydrogen) atoms. The van der Waals surface area contributed by atoms with Crippen LogP contribution in [0.1, 0.15) is 11.9 Å². The van der Waals surface area contributed by atoms with Crippen molar-refractivity contribution in [1.29, 1.82) is 0 Å². The maximum atomic E-state index is 5.91. The topological polar surface area (TPSA) is 55.0 Å². The van der Waals surface area contributed by atoms with Gasteiger partial charge in [-0.25, -0.2) is 4.98 Å². The Bertz CT molecular complexity index is 489. The zero-order chi connectivity index (χ0) is 11.7. The molecule has 0 atom stereocenters. The number of anilines is 2. The third kappa shape index (κ3) is 1.90. The van der Waals surface area contributed by atoms with Crippen LogP contribution in [0.3, 0.4) is 0 Å². The highest BCUT2D eigenvalue weighted by Gasteiger charge is 2.18. The van der Waals surface area contributed by atoms with Gasteiger partial charge < -0.3 is 10.6 Å². The highest BCUT2D eigenvalue weighted by molar-refractivity contribution is 7.11. The Morgan fingerprint density at radius 2 is 2.25 bits per heavy atom. The van der Waals surface area contributed by atoms with E-state index in [2.05, 4.69) is 21.2 Å². The molecule has 4 nitrogen and oxygen atoms in total. The van der Waals surface area contributed by atoms with E-state index in [1.807, 2.05) is 19.4 Å². The Hall–Kier alpha value is -1.14. The summed E-state index contributed by atoms with van der Waals surface area (Å²) in [6, 6.07) is 0. The Morgan fingerprint density at radius 1 is 1.50 bits per heavy atom. The van der Waals surface area contributed by atoms with Gasteiger partial charge in [0.25, 0.3) is 0 Å². The van der Waals surface area contributed by atoms with Crippen LogP contribution in [-0.4, -0.2) is 22.9 Å². The minimum absolute atomic E-state index is 0.575. The molecule has 86 valence electrons. The van der Waals surface area contributed by atoms with Crippen LogP contribution in [0.4, 0.5) is 10.8 Å². The molecule has 0 fully saturated rings. The van der Waals surface area contributed by atoms with Crippen molar-refractivity contribution < 1.29 is 0 Å². The minimum atomic E-state index is 0.575. The first-order valence-corrected chi connectivity index (χ1v) is 6.67. The van der Waals surface area contributed by atoms with Gasteiger partial charge in [-0.2, -0.15) is 4.37 Å². The van der Waals surface area contributed by atoms with Gasteiger partial charge in [-0.1, -0.05) is 0 Å². The molecule has 6 heteroatoms. The van der Waals surface area contributed by atoms with Crippen LogP contribution in [0.25, 0.3) is 11.3 Å². The number of nitrogens with zero attached hydrogens (tertiary/aromatic N) is 3. The lowest BCUT2D eigenvalue weighted by molar-refractivity contribution is 0.982. The number of thiazole rings is 1. The molecule has 0 spiro atoms. The normalized spacial score (nSPS) is 10.7. The van der Waals surface area contributed by atoms with E-state index in [-0.39, 0.29) is 0 Å². The van der Waals surface area contributed by atoms with Gasteiger partial charge in [0, 0.05) is 19.0 Å². The molecule has 2 aromatic rings. The first kappa shape index (κ1) is 11.3. The lowest BCUT2D eigenvalue weighted by atomic mass is 10.2. The maximum absolute atomic E-state index is 5.91. The zero-order valence-corrected chi connectivity index (χ0v) is 11.2. The summed E-state index contributed by atoms with van der Waals surface area (Å²) >= 11 is 3.06. The summed E-state index contributed by atoms with van der Waals surface area (Å²) in [6.45, 7) is 5.02. The molecule has 0 unspecified atom stereocenters. The van der Waals surface area contributed by atoms with Crippen molar-refractivity contribution in [3.8, 4) is 11.3 Å². The number of aromatic nitrogens is 2. The Kier molecular flexibility index (Phi) is 3.11. The van der Waals surface area contributed by atoms with E-state index < -0.39 is 0 Å². The van der Waals surface area contributed by atoms with Crippen molar-refractivity contribution in [2.45, 2.75) is 13.8 Å². The number of nitrogens with two attached hydrogens (primary N) is 1.